The number of nitrogens with zero attached hydrogens (tertiary/aromatic N) is 2. The van der Waals surface area contributed by atoms with Crippen LogP contribution in [0.3, 0.4) is 0 Å². The summed E-state index contributed by atoms with van der Waals surface area (Å²) in [5, 5.41) is 14.1. The Balaban J connectivity index is 1.59. The van der Waals surface area contributed by atoms with Gasteiger partial charge in [-0.2, -0.15) is 0 Å². The zero-order valence-electron chi connectivity index (χ0n) is 14.0. The Labute approximate surface area is 158 Å². The molecule has 0 atom stereocenters. The van der Waals surface area contributed by atoms with Gasteiger partial charge in [0.2, 0.25) is 5.91 Å². The van der Waals surface area contributed by atoms with Crippen LogP contribution >= 0.6 is 11.6 Å². The molecule has 0 aliphatic carbocycles. The second-order valence-corrected chi connectivity index (χ2v) is 6.35. The van der Waals surface area contributed by atoms with Crippen LogP contribution in [0, 0.1) is 10.1 Å². The SMILES string of the molecule is O=C(CN1C(=O)c2ccc([N+](=O)[O-])cc2C1=O)NCCc1ccc(Cl)cc1. The largest absolute Gasteiger partial charge is 0.354 e. The maximum absolute atomic E-state index is 12.3. The molecule has 27 heavy (non-hydrogen) atoms. The van der Waals surface area contributed by atoms with Gasteiger partial charge in [0.1, 0.15) is 6.54 Å². The normalized spacial score (nSPS) is 12.9. The number of carbonyl (C=O) groups excluding carboxylic acids is 3. The summed E-state index contributed by atoms with van der Waals surface area (Å²) in [5.74, 6) is -1.85. The molecule has 1 heterocycles. The third-order valence-electron chi connectivity index (χ3n) is 4.12. The lowest BCUT2D eigenvalue weighted by Gasteiger charge is -2.13. The number of carbonyl (C=O) groups is 3. The molecule has 1 aliphatic rings. The van der Waals surface area contributed by atoms with E-state index in [1.54, 1.807) is 12.1 Å². The van der Waals surface area contributed by atoms with Gasteiger partial charge in [-0.3, -0.25) is 29.4 Å². The summed E-state index contributed by atoms with van der Waals surface area (Å²) in [6, 6.07) is 10.6. The van der Waals surface area contributed by atoms with E-state index in [0.29, 0.717) is 18.0 Å². The van der Waals surface area contributed by atoms with E-state index in [2.05, 4.69) is 5.32 Å². The van der Waals surface area contributed by atoms with E-state index in [-0.39, 0.29) is 16.8 Å². The summed E-state index contributed by atoms with van der Waals surface area (Å²) in [5.41, 5.74) is 0.680. The Morgan fingerprint density at radius 1 is 1.07 bits per heavy atom. The smallest absolute Gasteiger partial charge is 0.270 e. The van der Waals surface area contributed by atoms with Gasteiger partial charge in [-0.15, -0.1) is 0 Å². The van der Waals surface area contributed by atoms with Gasteiger partial charge >= 0.3 is 0 Å². The van der Waals surface area contributed by atoms with Gasteiger partial charge in [0, 0.05) is 23.7 Å². The molecule has 138 valence electrons. The molecule has 0 bridgehead atoms. The first kappa shape index (κ1) is 18.5. The number of non-ortho nitro benzene ring substituents is 1. The van der Waals surface area contributed by atoms with E-state index in [9.17, 15) is 24.5 Å². The lowest BCUT2D eigenvalue weighted by Crippen LogP contribution is -2.40. The van der Waals surface area contributed by atoms with Gasteiger partial charge in [0.05, 0.1) is 16.1 Å². The number of rotatable bonds is 6. The molecule has 9 heteroatoms. The van der Waals surface area contributed by atoms with Crippen molar-refractivity contribution < 1.29 is 19.3 Å². The van der Waals surface area contributed by atoms with E-state index < -0.39 is 29.2 Å². The molecule has 0 spiro atoms. The molecular weight excluding hydrogens is 374 g/mol. The number of hydrogen-bond donors (Lipinski definition) is 1. The fourth-order valence-electron chi connectivity index (χ4n) is 2.73. The third-order valence-corrected chi connectivity index (χ3v) is 4.37. The molecule has 2 aromatic rings. The highest BCUT2D eigenvalue weighted by Crippen LogP contribution is 2.26. The Bertz CT molecular complexity index is 943. The highest BCUT2D eigenvalue weighted by molar-refractivity contribution is 6.30. The molecule has 0 saturated heterocycles. The molecule has 0 fully saturated rings. The zero-order valence-corrected chi connectivity index (χ0v) is 14.7. The maximum atomic E-state index is 12.3. The summed E-state index contributed by atoms with van der Waals surface area (Å²) in [4.78, 5) is 47.7. The van der Waals surface area contributed by atoms with Crippen LogP contribution in [0.25, 0.3) is 0 Å². The predicted molar refractivity (Wildman–Crippen MR) is 96.6 cm³/mol. The summed E-state index contributed by atoms with van der Waals surface area (Å²) in [6.45, 7) is -0.115. The number of hydrogen-bond acceptors (Lipinski definition) is 5. The Morgan fingerprint density at radius 2 is 1.74 bits per heavy atom. The molecule has 2 aromatic carbocycles. The van der Waals surface area contributed by atoms with Crippen molar-refractivity contribution in [2.24, 2.45) is 0 Å². The average Bonchev–Trinajstić information content (AvgIpc) is 2.88. The quantitative estimate of drug-likeness (QED) is 0.464. The van der Waals surface area contributed by atoms with Crippen LogP contribution in [0.2, 0.25) is 5.02 Å². The first-order chi connectivity index (χ1) is 12.9. The van der Waals surface area contributed by atoms with Gasteiger partial charge in [-0.05, 0) is 30.2 Å². The Morgan fingerprint density at radius 3 is 2.41 bits per heavy atom. The van der Waals surface area contributed by atoms with E-state index in [1.165, 1.54) is 6.07 Å². The average molecular weight is 388 g/mol. The number of nitrogens with one attached hydrogen (secondary N) is 1. The van der Waals surface area contributed by atoms with Gasteiger partial charge in [0.25, 0.3) is 17.5 Å². The molecule has 0 aromatic heterocycles. The number of nitro benzene ring substituents is 1. The maximum Gasteiger partial charge on any atom is 0.270 e. The van der Waals surface area contributed by atoms with Gasteiger partial charge in [0.15, 0.2) is 0 Å². The second kappa shape index (κ2) is 7.55. The summed E-state index contributed by atoms with van der Waals surface area (Å²) in [7, 11) is 0. The number of amides is 3. The van der Waals surface area contributed by atoms with Crippen molar-refractivity contribution in [2.75, 3.05) is 13.1 Å². The minimum absolute atomic E-state index is 0.0552. The minimum Gasteiger partial charge on any atom is -0.354 e. The number of halogens is 1. The van der Waals surface area contributed by atoms with E-state index in [1.807, 2.05) is 12.1 Å². The van der Waals surface area contributed by atoms with Gasteiger partial charge in [-0.1, -0.05) is 23.7 Å². The molecule has 3 amide bonds. The monoisotopic (exact) mass is 387 g/mol. The van der Waals surface area contributed by atoms with E-state index in [0.717, 1.165) is 22.6 Å². The first-order valence-corrected chi connectivity index (χ1v) is 8.40. The fourth-order valence-corrected chi connectivity index (χ4v) is 2.86. The highest BCUT2D eigenvalue weighted by atomic mass is 35.5. The van der Waals surface area contributed by atoms with Crippen LogP contribution in [0.4, 0.5) is 5.69 Å². The number of fused-ring (bicyclic) bond motifs is 1. The van der Waals surface area contributed by atoms with Crippen LogP contribution in [-0.4, -0.2) is 40.6 Å². The Hall–Kier alpha value is -3.26. The van der Waals surface area contributed by atoms with Crippen LogP contribution in [-0.2, 0) is 11.2 Å². The van der Waals surface area contributed by atoms with Crippen molar-refractivity contribution in [2.45, 2.75) is 6.42 Å². The summed E-state index contributed by atoms with van der Waals surface area (Å²) >= 11 is 5.81. The molecule has 0 saturated carbocycles. The third kappa shape index (κ3) is 3.95. The van der Waals surface area contributed by atoms with Crippen LogP contribution in [0.15, 0.2) is 42.5 Å². The van der Waals surface area contributed by atoms with Crippen molar-refractivity contribution in [1.29, 1.82) is 0 Å². The van der Waals surface area contributed by atoms with E-state index in [4.69, 9.17) is 11.6 Å². The lowest BCUT2D eigenvalue weighted by molar-refractivity contribution is -0.384. The number of imide groups is 1. The molecule has 1 aliphatic heterocycles. The molecular formula is C18H14ClN3O5. The topological polar surface area (TPSA) is 110 Å². The second-order valence-electron chi connectivity index (χ2n) is 5.91. The molecule has 0 radical (unpaired) electrons. The minimum atomic E-state index is -0.716. The summed E-state index contributed by atoms with van der Waals surface area (Å²) in [6.07, 6.45) is 0.567. The number of benzene rings is 2. The fraction of sp³-hybridized carbons (Fsp3) is 0.167. The van der Waals surface area contributed by atoms with Crippen LogP contribution in [0.1, 0.15) is 26.3 Å². The predicted octanol–water partition coefficient (Wildman–Crippen LogP) is 2.20. The molecule has 1 N–H and O–H groups in total. The van der Waals surface area contributed by atoms with Crippen LogP contribution in [0.5, 0.6) is 0 Å². The van der Waals surface area contributed by atoms with Crippen molar-refractivity contribution in [3.05, 3.63) is 74.3 Å². The molecule has 8 nitrogen and oxygen atoms in total. The zero-order chi connectivity index (χ0) is 19.6. The van der Waals surface area contributed by atoms with Crippen LogP contribution < -0.4 is 5.32 Å². The van der Waals surface area contributed by atoms with Crippen molar-refractivity contribution in [3.8, 4) is 0 Å². The van der Waals surface area contributed by atoms with Crippen molar-refractivity contribution in [3.63, 3.8) is 0 Å². The number of nitro groups is 1. The standard InChI is InChI=1S/C18H14ClN3O5/c19-12-3-1-11(2-4-12)7-8-20-16(23)10-21-17(24)14-6-5-13(22(26)27)9-15(14)18(21)25/h1-6,9H,7-8,10H2,(H,20,23). The lowest BCUT2D eigenvalue weighted by atomic mass is 10.1. The highest BCUT2D eigenvalue weighted by Gasteiger charge is 2.37. The van der Waals surface area contributed by atoms with Crippen molar-refractivity contribution in [1.82, 2.24) is 10.2 Å². The van der Waals surface area contributed by atoms with Gasteiger partial charge < -0.3 is 5.32 Å². The summed E-state index contributed by atoms with van der Waals surface area (Å²) < 4.78 is 0. The first-order valence-electron chi connectivity index (χ1n) is 8.02. The van der Waals surface area contributed by atoms with Crippen molar-refractivity contribution >= 4 is 35.0 Å². The Kier molecular flexibility index (Phi) is 5.18. The van der Waals surface area contributed by atoms with E-state index >= 15 is 0 Å². The van der Waals surface area contributed by atoms with Gasteiger partial charge in [-0.25, -0.2) is 0 Å². The molecule has 3 rings (SSSR count). The molecule has 0 unspecified atom stereocenters.